The van der Waals surface area contributed by atoms with Crippen molar-refractivity contribution in [2.45, 2.75) is 45.2 Å². The summed E-state index contributed by atoms with van der Waals surface area (Å²) in [7, 11) is 1.57. The maximum Gasteiger partial charge on any atom is 0.315 e. The number of carboxylic acids is 1. The maximum atomic E-state index is 11.6. The van der Waals surface area contributed by atoms with E-state index in [0.717, 1.165) is 6.42 Å². The van der Waals surface area contributed by atoms with Crippen molar-refractivity contribution in [1.82, 2.24) is 10.6 Å². The number of nitrogens with one attached hydrogen (secondary N) is 2. The molecule has 3 N–H and O–H groups in total. The van der Waals surface area contributed by atoms with Gasteiger partial charge in [0.1, 0.15) is 0 Å². The topological polar surface area (TPSA) is 87.7 Å². The summed E-state index contributed by atoms with van der Waals surface area (Å²) in [5.41, 5.74) is -0.777. The van der Waals surface area contributed by atoms with Gasteiger partial charge in [-0.3, -0.25) is 4.79 Å². The highest BCUT2D eigenvalue weighted by molar-refractivity contribution is 5.76. The number of aliphatic carboxylic acids is 1. The van der Waals surface area contributed by atoms with Crippen molar-refractivity contribution in [3.8, 4) is 0 Å². The maximum absolute atomic E-state index is 11.6. The van der Waals surface area contributed by atoms with E-state index in [0.29, 0.717) is 6.61 Å². The van der Waals surface area contributed by atoms with Crippen molar-refractivity contribution in [1.29, 1.82) is 0 Å². The first-order valence-electron chi connectivity index (χ1n) is 5.60. The summed E-state index contributed by atoms with van der Waals surface area (Å²) in [6.07, 6.45) is 0.627. The third-order valence-corrected chi connectivity index (χ3v) is 2.24. The lowest BCUT2D eigenvalue weighted by atomic mass is 10.0. The van der Waals surface area contributed by atoms with Gasteiger partial charge in [-0.1, -0.05) is 6.92 Å². The van der Waals surface area contributed by atoms with E-state index in [1.54, 1.807) is 21.0 Å². The Morgan fingerprint density at radius 2 is 2.00 bits per heavy atom. The first-order valence-corrected chi connectivity index (χ1v) is 5.60. The normalized spacial score (nSPS) is 12.9. The van der Waals surface area contributed by atoms with Gasteiger partial charge in [0.15, 0.2) is 0 Å². The molecule has 0 rings (SSSR count). The second-order valence-electron chi connectivity index (χ2n) is 4.61. The molecule has 1 atom stereocenters. The van der Waals surface area contributed by atoms with Gasteiger partial charge in [-0.2, -0.15) is 0 Å². The van der Waals surface area contributed by atoms with E-state index in [1.165, 1.54) is 0 Å². The van der Waals surface area contributed by atoms with E-state index in [-0.39, 0.29) is 18.5 Å². The fraction of sp³-hybridized carbons (Fsp3) is 0.818. The number of carboxylic acid groups (broad SMARTS) is 1. The van der Waals surface area contributed by atoms with Gasteiger partial charge in [0.25, 0.3) is 0 Å². The monoisotopic (exact) mass is 246 g/mol. The van der Waals surface area contributed by atoms with Crippen LogP contribution in [0.1, 0.15) is 33.6 Å². The van der Waals surface area contributed by atoms with Gasteiger partial charge in [0.05, 0.1) is 19.1 Å². The predicted octanol–water partition coefficient (Wildman–Crippen LogP) is 0.964. The van der Waals surface area contributed by atoms with E-state index < -0.39 is 11.5 Å². The quantitative estimate of drug-likeness (QED) is 0.624. The SMILES string of the molecule is CCC(COC)NC(=O)NC(C)(C)CC(=O)O. The molecule has 0 aliphatic heterocycles. The van der Waals surface area contributed by atoms with Crippen molar-refractivity contribution in [3.05, 3.63) is 0 Å². The van der Waals surface area contributed by atoms with Crippen LogP contribution in [-0.2, 0) is 9.53 Å². The number of hydrogen-bond donors (Lipinski definition) is 3. The Bertz CT molecular complexity index is 266. The predicted molar refractivity (Wildman–Crippen MR) is 64.0 cm³/mol. The van der Waals surface area contributed by atoms with Crippen LogP contribution >= 0.6 is 0 Å². The first kappa shape index (κ1) is 15.7. The lowest BCUT2D eigenvalue weighted by molar-refractivity contribution is -0.138. The van der Waals surface area contributed by atoms with Crippen LogP contribution in [0.25, 0.3) is 0 Å². The zero-order valence-corrected chi connectivity index (χ0v) is 10.9. The average Bonchev–Trinajstić information content (AvgIpc) is 2.13. The number of ether oxygens (including phenoxy) is 1. The van der Waals surface area contributed by atoms with Crippen LogP contribution in [-0.4, -0.2) is 42.4 Å². The largest absolute Gasteiger partial charge is 0.481 e. The Labute approximate surface area is 102 Å². The molecule has 0 radical (unpaired) electrons. The molecule has 0 aromatic carbocycles. The van der Waals surface area contributed by atoms with E-state index in [9.17, 15) is 9.59 Å². The van der Waals surface area contributed by atoms with Gasteiger partial charge in [0, 0.05) is 12.6 Å². The molecule has 0 saturated heterocycles. The van der Waals surface area contributed by atoms with Gasteiger partial charge in [0.2, 0.25) is 0 Å². The summed E-state index contributed by atoms with van der Waals surface area (Å²) in [4.78, 5) is 22.2. The van der Waals surface area contributed by atoms with Crippen molar-refractivity contribution in [2.75, 3.05) is 13.7 Å². The number of carbonyl (C=O) groups is 2. The highest BCUT2D eigenvalue weighted by Crippen LogP contribution is 2.07. The Morgan fingerprint density at radius 1 is 1.41 bits per heavy atom. The number of methoxy groups -OCH3 is 1. The second kappa shape index (κ2) is 7.11. The van der Waals surface area contributed by atoms with Gasteiger partial charge in [-0.05, 0) is 20.3 Å². The van der Waals surface area contributed by atoms with Crippen molar-refractivity contribution in [3.63, 3.8) is 0 Å². The molecule has 0 aromatic rings. The van der Waals surface area contributed by atoms with Crippen LogP contribution in [0.4, 0.5) is 4.79 Å². The number of hydrogen-bond acceptors (Lipinski definition) is 3. The Balaban J connectivity index is 4.19. The molecule has 0 heterocycles. The van der Waals surface area contributed by atoms with Gasteiger partial charge in [-0.25, -0.2) is 4.79 Å². The lowest BCUT2D eigenvalue weighted by Crippen LogP contribution is -2.52. The minimum atomic E-state index is -0.945. The van der Waals surface area contributed by atoms with Gasteiger partial charge >= 0.3 is 12.0 Å². The summed E-state index contributed by atoms with van der Waals surface area (Å²) >= 11 is 0. The minimum absolute atomic E-state index is 0.0689. The highest BCUT2D eigenvalue weighted by atomic mass is 16.5. The van der Waals surface area contributed by atoms with Crippen LogP contribution in [0.15, 0.2) is 0 Å². The summed E-state index contributed by atoms with van der Waals surface area (Å²) in [6, 6.07) is -0.444. The third kappa shape index (κ3) is 7.57. The zero-order chi connectivity index (χ0) is 13.5. The molecule has 2 amide bonds. The molecule has 17 heavy (non-hydrogen) atoms. The standard InChI is InChI=1S/C11H22N2O4/c1-5-8(7-17-4)12-10(16)13-11(2,3)6-9(14)15/h8H,5-7H2,1-4H3,(H,14,15)(H2,12,13,16). The molecule has 0 aliphatic carbocycles. The fourth-order valence-electron chi connectivity index (χ4n) is 1.41. The Hall–Kier alpha value is -1.30. The molecule has 6 nitrogen and oxygen atoms in total. The molecular formula is C11H22N2O4. The van der Waals surface area contributed by atoms with Crippen molar-refractivity contribution < 1.29 is 19.4 Å². The average molecular weight is 246 g/mol. The van der Waals surface area contributed by atoms with Crippen LogP contribution < -0.4 is 10.6 Å². The molecule has 0 fully saturated rings. The van der Waals surface area contributed by atoms with Crippen molar-refractivity contribution >= 4 is 12.0 Å². The number of urea groups is 1. The zero-order valence-electron chi connectivity index (χ0n) is 10.9. The summed E-state index contributed by atoms with van der Waals surface area (Å²) < 4.78 is 4.95. The molecule has 6 heteroatoms. The summed E-state index contributed by atoms with van der Waals surface area (Å²) in [5.74, 6) is -0.945. The molecule has 0 spiro atoms. The number of amides is 2. The van der Waals surface area contributed by atoms with Crippen LogP contribution in [0, 0.1) is 0 Å². The van der Waals surface area contributed by atoms with Crippen molar-refractivity contribution in [2.24, 2.45) is 0 Å². The van der Waals surface area contributed by atoms with Gasteiger partial charge in [-0.15, -0.1) is 0 Å². The van der Waals surface area contributed by atoms with Crippen LogP contribution in [0.2, 0.25) is 0 Å². The summed E-state index contributed by atoms with van der Waals surface area (Å²) in [5, 5.41) is 14.0. The Morgan fingerprint density at radius 3 is 2.41 bits per heavy atom. The van der Waals surface area contributed by atoms with Crippen LogP contribution in [0.3, 0.4) is 0 Å². The molecule has 1 unspecified atom stereocenters. The van der Waals surface area contributed by atoms with E-state index in [2.05, 4.69) is 10.6 Å². The van der Waals surface area contributed by atoms with Crippen LogP contribution in [0.5, 0.6) is 0 Å². The molecule has 0 aliphatic rings. The molecule has 0 bridgehead atoms. The first-order chi connectivity index (χ1) is 7.80. The molecule has 100 valence electrons. The minimum Gasteiger partial charge on any atom is -0.481 e. The van der Waals surface area contributed by atoms with Gasteiger partial charge < -0.3 is 20.5 Å². The number of carbonyl (C=O) groups excluding carboxylic acids is 1. The Kier molecular flexibility index (Phi) is 6.57. The van der Waals surface area contributed by atoms with E-state index in [1.807, 2.05) is 6.92 Å². The molecule has 0 aromatic heterocycles. The lowest BCUT2D eigenvalue weighted by Gasteiger charge is -2.26. The van der Waals surface area contributed by atoms with E-state index >= 15 is 0 Å². The summed E-state index contributed by atoms with van der Waals surface area (Å²) in [6.45, 7) is 5.70. The van der Waals surface area contributed by atoms with E-state index in [4.69, 9.17) is 9.84 Å². The third-order valence-electron chi connectivity index (χ3n) is 2.24. The number of rotatable bonds is 7. The highest BCUT2D eigenvalue weighted by Gasteiger charge is 2.24. The smallest absolute Gasteiger partial charge is 0.315 e. The molecular weight excluding hydrogens is 224 g/mol. The molecule has 0 saturated carbocycles. The second-order valence-corrected chi connectivity index (χ2v) is 4.61. The fourth-order valence-corrected chi connectivity index (χ4v) is 1.41.